The number of amides is 1. The first-order valence-electron chi connectivity index (χ1n) is 8.79. The van der Waals surface area contributed by atoms with Gasteiger partial charge in [0.15, 0.2) is 11.5 Å². The zero-order chi connectivity index (χ0) is 19.7. The number of anilines is 1. The highest BCUT2D eigenvalue weighted by atomic mass is 79.9. The van der Waals surface area contributed by atoms with Crippen LogP contribution in [0.2, 0.25) is 0 Å². The molecule has 4 aromatic rings. The van der Waals surface area contributed by atoms with Gasteiger partial charge in [-0.05, 0) is 56.2 Å². The number of carbonyl (C=O) groups excluding carboxylic acids is 1. The molecule has 28 heavy (non-hydrogen) atoms. The second kappa shape index (κ2) is 7.51. The molecule has 0 aliphatic heterocycles. The summed E-state index contributed by atoms with van der Waals surface area (Å²) in [6.07, 6.45) is 2.53. The highest BCUT2D eigenvalue weighted by Crippen LogP contribution is 2.20. The Kier molecular flexibility index (Phi) is 4.91. The van der Waals surface area contributed by atoms with E-state index in [9.17, 15) is 4.79 Å². The van der Waals surface area contributed by atoms with E-state index in [1.54, 1.807) is 15.5 Å². The number of aromatic nitrogens is 6. The van der Waals surface area contributed by atoms with Crippen LogP contribution in [0.5, 0.6) is 0 Å². The molecule has 3 aromatic heterocycles. The van der Waals surface area contributed by atoms with E-state index in [1.807, 2.05) is 50.2 Å². The van der Waals surface area contributed by atoms with Crippen molar-refractivity contribution in [3.05, 3.63) is 64.1 Å². The Labute approximate surface area is 169 Å². The summed E-state index contributed by atoms with van der Waals surface area (Å²) in [6.45, 7) is 3.93. The van der Waals surface area contributed by atoms with Crippen LogP contribution >= 0.6 is 15.9 Å². The molecule has 0 bridgehead atoms. The van der Waals surface area contributed by atoms with Gasteiger partial charge < -0.3 is 5.32 Å². The molecule has 0 fully saturated rings. The van der Waals surface area contributed by atoms with Crippen molar-refractivity contribution >= 4 is 33.2 Å². The standard InChI is InChI=1S/C19H18BrN7O/c1-12-16(6-9-19(28)22-15-5-3-4-14(20)10-15)13(2)27(24-12)18-8-7-17-23-21-11-26(17)25-18/h3-5,7-8,10-11H,6,9H2,1-2H3,(H,22,28). The third kappa shape index (κ3) is 3.65. The molecule has 0 saturated heterocycles. The average molecular weight is 440 g/mol. The zero-order valence-electron chi connectivity index (χ0n) is 15.4. The predicted molar refractivity (Wildman–Crippen MR) is 108 cm³/mol. The van der Waals surface area contributed by atoms with Crippen LogP contribution in [0.15, 0.2) is 47.2 Å². The second-order valence-electron chi connectivity index (χ2n) is 6.44. The largest absolute Gasteiger partial charge is 0.326 e. The maximum atomic E-state index is 12.3. The van der Waals surface area contributed by atoms with Gasteiger partial charge in [-0.15, -0.1) is 15.3 Å². The number of nitrogens with one attached hydrogen (secondary N) is 1. The van der Waals surface area contributed by atoms with E-state index in [0.29, 0.717) is 24.3 Å². The van der Waals surface area contributed by atoms with Gasteiger partial charge in [0.1, 0.15) is 6.33 Å². The highest BCUT2D eigenvalue weighted by molar-refractivity contribution is 9.10. The quantitative estimate of drug-likeness (QED) is 0.515. The summed E-state index contributed by atoms with van der Waals surface area (Å²) in [5.41, 5.74) is 4.35. The van der Waals surface area contributed by atoms with E-state index in [4.69, 9.17) is 0 Å². The molecule has 1 amide bonds. The van der Waals surface area contributed by atoms with E-state index in [1.165, 1.54) is 0 Å². The lowest BCUT2D eigenvalue weighted by Gasteiger charge is -2.07. The van der Waals surface area contributed by atoms with Gasteiger partial charge in [0, 0.05) is 22.3 Å². The van der Waals surface area contributed by atoms with Gasteiger partial charge in [0.2, 0.25) is 5.91 Å². The highest BCUT2D eigenvalue weighted by Gasteiger charge is 2.15. The van der Waals surface area contributed by atoms with E-state index >= 15 is 0 Å². The number of hydrogen-bond acceptors (Lipinski definition) is 5. The molecule has 142 valence electrons. The first kappa shape index (κ1) is 18.3. The van der Waals surface area contributed by atoms with Crippen LogP contribution < -0.4 is 5.32 Å². The van der Waals surface area contributed by atoms with E-state index in [-0.39, 0.29) is 5.91 Å². The lowest BCUT2D eigenvalue weighted by molar-refractivity contribution is -0.116. The monoisotopic (exact) mass is 439 g/mol. The molecular formula is C19H18BrN7O. The molecule has 0 aliphatic rings. The molecule has 0 radical (unpaired) electrons. The summed E-state index contributed by atoms with van der Waals surface area (Å²) < 4.78 is 4.32. The van der Waals surface area contributed by atoms with Crippen molar-refractivity contribution in [1.82, 2.24) is 29.6 Å². The number of nitrogens with zero attached hydrogens (tertiary/aromatic N) is 6. The first-order valence-corrected chi connectivity index (χ1v) is 9.58. The number of hydrogen-bond donors (Lipinski definition) is 1. The van der Waals surface area contributed by atoms with Gasteiger partial charge in [-0.25, -0.2) is 4.68 Å². The number of fused-ring (bicyclic) bond motifs is 1. The molecular weight excluding hydrogens is 422 g/mol. The molecule has 4 rings (SSSR count). The Bertz CT molecular complexity index is 1160. The van der Waals surface area contributed by atoms with Gasteiger partial charge >= 0.3 is 0 Å². The molecule has 0 saturated carbocycles. The fraction of sp³-hybridized carbons (Fsp3) is 0.211. The van der Waals surface area contributed by atoms with Crippen LogP contribution in [-0.4, -0.2) is 35.5 Å². The summed E-state index contributed by atoms with van der Waals surface area (Å²) in [6, 6.07) is 11.2. The zero-order valence-corrected chi connectivity index (χ0v) is 17.0. The fourth-order valence-corrected chi connectivity index (χ4v) is 3.52. The molecule has 9 heteroatoms. The summed E-state index contributed by atoms with van der Waals surface area (Å²) in [5.74, 6) is 0.645. The Morgan fingerprint density at radius 1 is 1.18 bits per heavy atom. The molecule has 8 nitrogen and oxygen atoms in total. The molecule has 1 N–H and O–H groups in total. The lowest BCUT2D eigenvalue weighted by atomic mass is 10.1. The van der Waals surface area contributed by atoms with Crippen LogP contribution in [0.1, 0.15) is 23.4 Å². The SMILES string of the molecule is Cc1nn(-c2ccc3nncn3n2)c(C)c1CCC(=O)Nc1cccc(Br)c1. The Balaban J connectivity index is 1.50. The maximum absolute atomic E-state index is 12.3. The van der Waals surface area contributed by atoms with Crippen molar-refractivity contribution in [2.24, 2.45) is 0 Å². The van der Waals surface area contributed by atoms with Crippen molar-refractivity contribution in [3.63, 3.8) is 0 Å². The third-order valence-corrected chi connectivity index (χ3v) is 5.01. The molecule has 0 unspecified atom stereocenters. The summed E-state index contributed by atoms with van der Waals surface area (Å²) >= 11 is 3.41. The minimum absolute atomic E-state index is 0.0336. The van der Waals surface area contributed by atoms with Crippen molar-refractivity contribution < 1.29 is 4.79 Å². The van der Waals surface area contributed by atoms with E-state index in [0.717, 1.165) is 27.1 Å². The summed E-state index contributed by atoms with van der Waals surface area (Å²) in [5, 5.41) is 19.8. The number of rotatable bonds is 5. The molecule has 0 spiro atoms. The first-order chi connectivity index (χ1) is 13.5. The number of carbonyl (C=O) groups is 1. The fourth-order valence-electron chi connectivity index (χ4n) is 3.12. The van der Waals surface area contributed by atoms with Gasteiger partial charge in [-0.2, -0.15) is 9.61 Å². The predicted octanol–water partition coefficient (Wildman–Crippen LogP) is 3.26. The summed E-state index contributed by atoms with van der Waals surface area (Å²) in [7, 11) is 0. The van der Waals surface area contributed by atoms with E-state index in [2.05, 4.69) is 41.6 Å². The van der Waals surface area contributed by atoms with Crippen LogP contribution in [0.4, 0.5) is 5.69 Å². The smallest absolute Gasteiger partial charge is 0.224 e. The van der Waals surface area contributed by atoms with Gasteiger partial charge in [-0.1, -0.05) is 22.0 Å². The van der Waals surface area contributed by atoms with E-state index < -0.39 is 0 Å². The number of halogens is 1. The Morgan fingerprint density at radius 2 is 2.04 bits per heavy atom. The number of aryl methyl sites for hydroxylation is 1. The Morgan fingerprint density at radius 3 is 2.86 bits per heavy atom. The van der Waals surface area contributed by atoms with Gasteiger partial charge in [0.25, 0.3) is 0 Å². The van der Waals surface area contributed by atoms with Crippen molar-refractivity contribution in [2.45, 2.75) is 26.7 Å². The minimum Gasteiger partial charge on any atom is -0.326 e. The van der Waals surface area contributed by atoms with Crippen molar-refractivity contribution in [2.75, 3.05) is 5.32 Å². The average Bonchev–Trinajstić information content (AvgIpc) is 3.24. The maximum Gasteiger partial charge on any atom is 0.224 e. The molecule has 0 atom stereocenters. The number of benzene rings is 1. The lowest BCUT2D eigenvalue weighted by Crippen LogP contribution is -2.12. The van der Waals surface area contributed by atoms with Crippen LogP contribution in [0.3, 0.4) is 0 Å². The van der Waals surface area contributed by atoms with Gasteiger partial charge in [-0.3, -0.25) is 4.79 Å². The second-order valence-corrected chi connectivity index (χ2v) is 7.36. The Hall–Kier alpha value is -3.07. The van der Waals surface area contributed by atoms with Crippen LogP contribution in [-0.2, 0) is 11.2 Å². The summed E-state index contributed by atoms with van der Waals surface area (Å²) in [4.78, 5) is 12.3. The topological polar surface area (TPSA) is 90.0 Å². The van der Waals surface area contributed by atoms with Crippen LogP contribution in [0.25, 0.3) is 11.5 Å². The molecule has 0 aliphatic carbocycles. The third-order valence-electron chi connectivity index (χ3n) is 4.52. The molecule has 1 aromatic carbocycles. The molecule has 3 heterocycles. The van der Waals surface area contributed by atoms with Crippen molar-refractivity contribution in [1.29, 1.82) is 0 Å². The normalized spacial score (nSPS) is 11.1. The van der Waals surface area contributed by atoms with Crippen LogP contribution in [0, 0.1) is 13.8 Å². The van der Waals surface area contributed by atoms with Gasteiger partial charge in [0.05, 0.1) is 5.69 Å². The minimum atomic E-state index is -0.0336. The van der Waals surface area contributed by atoms with Crippen molar-refractivity contribution in [3.8, 4) is 5.82 Å².